The molecule has 0 heterocycles. The maximum atomic E-state index is 10.8. The van der Waals surface area contributed by atoms with Crippen LogP contribution in [0.4, 0.5) is 4.79 Å². The van der Waals surface area contributed by atoms with Gasteiger partial charge in [-0.15, -0.1) is 0 Å². The zero-order valence-corrected chi connectivity index (χ0v) is 7.42. The van der Waals surface area contributed by atoms with E-state index in [0.29, 0.717) is 0 Å². The highest BCUT2D eigenvalue weighted by Gasteiger charge is 2.23. The Hall–Kier alpha value is -0.770. The second-order valence-electron chi connectivity index (χ2n) is 3.45. The lowest BCUT2D eigenvalue weighted by molar-refractivity contribution is 0.177. The molecular formula is C8H16N3O. The van der Waals surface area contributed by atoms with Gasteiger partial charge in [0.25, 0.3) is 0 Å². The molecule has 4 heteroatoms. The number of nitrogens with zero attached hydrogens (tertiary/aromatic N) is 1. The highest BCUT2D eigenvalue weighted by molar-refractivity contribution is 5.72. The first kappa shape index (κ1) is 9.32. The molecule has 1 aliphatic carbocycles. The van der Waals surface area contributed by atoms with Crippen LogP contribution in [0.5, 0.6) is 0 Å². The van der Waals surface area contributed by atoms with E-state index in [9.17, 15) is 4.79 Å². The van der Waals surface area contributed by atoms with Gasteiger partial charge in [-0.25, -0.2) is 4.79 Å². The molecule has 0 bridgehead atoms. The number of nitrogens with one attached hydrogen (secondary N) is 1. The first-order chi connectivity index (χ1) is 5.61. The smallest absolute Gasteiger partial charge is 0.314 e. The summed E-state index contributed by atoms with van der Waals surface area (Å²) in [6, 6.07) is -0.0185. The summed E-state index contributed by atoms with van der Waals surface area (Å²) in [5, 5.41) is 0. The number of carbonyl (C=O) groups is 1. The van der Waals surface area contributed by atoms with E-state index in [4.69, 9.17) is 11.5 Å². The molecule has 0 aromatic heterocycles. The zero-order valence-electron chi connectivity index (χ0n) is 7.42. The van der Waals surface area contributed by atoms with Crippen molar-refractivity contribution in [1.29, 1.82) is 0 Å². The third-order valence-corrected chi connectivity index (χ3v) is 2.59. The van der Waals surface area contributed by atoms with Gasteiger partial charge in [-0.1, -0.05) is 0 Å². The molecule has 0 unspecified atom stereocenters. The van der Waals surface area contributed by atoms with Crippen LogP contribution in [0, 0.1) is 0 Å². The molecule has 0 saturated heterocycles. The third-order valence-electron chi connectivity index (χ3n) is 2.59. The molecule has 0 spiro atoms. The number of amides is 2. The summed E-state index contributed by atoms with van der Waals surface area (Å²) in [5.74, 6) is 0. The molecule has 69 valence electrons. The second kappa shape index (κ2) is 3.76. The minimum Gasteiger partial charge on any atom is -0.351 e. The van der Waals surface area contributed by atoms with Crippen molar-refractivity contribution in [2.45, 2.75) is 37.8 Å². The van der Waals surface area contributed by atoms with Gasteiger partial charge in [0.2, 0.25) is 0 Å². The van der Waals surface area contributed by atoms with E-state index in [1.165, 1.54) is 0 Å². The van der Waals surface area contributed by atoms with Crippen LogP contribution < -0.4 is 11.5 Å². The standard InChI is InChI=1S/C8H16N3O/c1-11(8(10)12)7-4-2-6(9)3-5-7/h6-7,9H,2-5H2,1H3,(H2,10,12)/t6-,7-. The molecule has 1 fully saturated rings. The molecule has 1 rings (SSSR count). The fraction of sp³-hybridized carbons (Fsp3) is 0.875. The van der Waals surface area contributed by atoms with Crippen LogP contribution in [-0.4, -0.2) is 30.1 Å². The van der Waals surface area contributed by atoms with Gasteiger partial charge in [-0.2, -0.15) is 0 Å². The van der Waals surface area contributed by atoms with E-state index in [1.54, 1.807) is 11.9 Å². The maximum absolute atomic E-state index is 10.8. The number of hydrogen-bond acceptors (Lipinski definition) is 1. The van der Waals surface area contributed by atoms with E-state index in [0.717, 1.165) is 25.7 Å². The Kier molecular flexibility index (Phi) is 2.92. The van der Waals surface area contributed by atoms with Crippen molar-refractivity contribution < 1.29 is 4.79 Å². The van der Waals surface area contributed by atoms with Crippen molar-refractivity contribution in [3.05, 3.63) is 0 Å². The van der Waals surface area contributed by atoms with Crippen LogP contribution >= 0.6 is 0 Å². The van der Waals surface area contributed by atoms with Crippen LogP contribution in [0.2, 0.25) is 0 Å². The average Bonchev–Trinajstić information content (AvgIpc) is 2.04. The molecule has 4 nitrogen and oxygen atoms in total. The summed E-state index contributed by atoms with van der Waals surface area (Å²) in [7, 11) is 1.73. The first-order valence-electron chi connectivity index (χ1n) is 4.34. The number of rotatable bonds is 1. The van der Waals surface area contributed by atoms with Crippen molar-refractivity contribution in [1.82, 2.24) is 10.6 Å². The van der Waals surface area contributed by atoms with Gasteiger partial charge in [0.1, 0.15) is 0 Å². The highest BCUT2D eigenvalue weighted by Crippen LogP contribution is 2.21. The molecule has 0 aromatic carbocycles. The molecule has 12 heavy (non-hydrogen) atoms. The van der Waals surface area contributed by atoms with Crippen molar-refractivity contribution in [2.75, 3.05) is 7.05 Å². The molecular weight excluding hydrogens is 154 g/mol. The largest absolute Gasteiger partial charge is 0.351 e. The Labute approximate surface area is 72.9 Å². The molecule has 0 atom stereocenters. The summed E-state index contributed by atoms with van der Waals surface area (Å²) < 4.78 is 0. The van der Waals surface area contributed by atoms with Crippen molar-refractivity contribution in [2.24, 2.45) is 5.73 Å². The minimum absolute atomic E-state index is 0.0718. The van der Waals surface area contributed by atoms with Gasteiger partial charge in [0, 0.05) is 19.1 Å². The van der Waals surface area contributed by atoms with Gasteiger partial charge in [-0.3, -0.25) is 5.73 Å². The zero-order chi connectivity index (χ0) is 9.14. The number of hydrogen-bond donors (Lipinski definition) is 1. The van der Waals surface area contributed by atoms with E-state index < -0.39 is 0 Å². The molecule has 0 aliphatic heterocycles. The average molecular weight is 170 g/mol. The Morgan fingerprint density at radius 2 is 1.92 bits per heavy atom. The quantitative estimate of drug-likeness (QED) is 0.614. The lowest BCUT2D eigenvalue weighted by Gasteiger charge is -2.31. The molecule has 3 N–H and O–H groups in total. The lowest BCUT2D eigenvalue weighted by Crippen LogP contribution is -2.43. The van der Waals surface area contributed by atoms with Crippen molar-refractivity contribution in [3.8, 4) is 0 Å². The van der Waals surface area contributed by atoms with E-state index in [1.807, 2.05) is 0 Å². The lowest BCUT2D eigenvalue weighted by atomic mass is 9.91. The number of urea groups is 1. The molecule has 1 radical (unpaired) electrons. The summed E-state index contributed by atoms with van der Waals surface area (Å²) in [4.78, 5) is 12.4. The summed E-state index contributed by atoms with van der Waals surface area (Å²) in [6.45, 7) is 0. The van der Waals surface area contributed by atoms with E-state index >= 15 is 0 Å². The maximum Gasteiger partial charge on any atom is 0.314 e. The van der Waals surface area contributed by atoms with Crippen molar-refractivity contribution >= 4 is 6.03 Å². The van der Waals surface area contributed by atoms with Gasteiger partial charge < -0.3 is 10.6 Å². The Morgan fingerprint density at radius 3 is 2.33 bits per heavy atom. The monoisotopic (exact) mass is 170 g/mol. The van der Waals surface area contributed by atoms with E-state index in [-0.39, 0.29) is 18.1 Å². The van der Waals surface area contributed by atoms with Crippen molar-refractivity contribution in [3.63, 3.8) is 0 Å². The van der Waals surface area contributed by atoms with Crippen LogP contribution in [-0.2, 0) is 0 Å². The summed E-state index contributed by atoms with van der Waals surface area (Å²) in [5.41, 5.74) is 12.6. The minimum atomic E-state index is -0.358. The molecule has 1 saturated carbocycles. The molecule has 2 amide bonds. The predicted molar refractivity (Wildman–Crippen MR) is 46.5 cm³/mol. The number of primary amides is 1. The number of nitrogens with two attached hydrogens (primary N) is 1. The normalized spacial score (nSPS) is 29.8. The van der Waals surface area contributed by atoms with Gasteiger partial charge in [0.05, 0.1) is 0 Å². The van der Waals surface area contributed by atoms with Gasteiger partial charge >= 0.3 is 6.03 Å². The van der Waals surface area contributed by atoms with Crippen LogP contribution in [0.1, 0.15) is 25.7 Å². The first-order valence-corrected chi connectivity index (χ1v) is 4.34. The van der Waals surface area contributed by atoms with Crippen LogP contribution in [0.15, 0.2) is 0 Å². The van der Waals surface area contributed by atoms with E-state index in [2.05, 4.69) is 0 Å². The predicted octanol–water partition coefficient (Wildman–Crippen LogP) is 0.591. The van der Waals surface area contributed by atoms with Crippen LogP contribution in [0.3, 0.4) is 0 Å². The topological polar surface area (TPSA) is 70.1 Å². The molecule has 1 aliphatic rings. The summed E-state index contributed by atoms with van der Waals surface area (Å²) >= 11 is 0. The Bertz CT molecular complexity index is 164. The van der Waals surface area contributed by atoms with Gasteiger partial charge in [-0.05, 0) is 25.7 Å². The fourth-order valence-electron chi connectivity index (χ4n) is 1.64. The Balaban J connectivity index is 2.39. The van der Waals surface area contributed by atoms with Crippen LogP contribution in [0.25, 0.3) is 0 Å². The summed E-state index contributed by atoms with van der Waals surface area (Å²) in [6.07, 6.45) is 3.63. The SMILES string of the molecule is CN(C(N)=O)[C@H]1CC[C@H]([NH])CC1. The molecule has 0 aromatic rings. The van der Waals surface area contributed by atoms with Gasteiger partial charge in [0.15, 0.2) is 0 Å². The third kappa shape index (κ3) is 2.11. The second-order valence-corrected chi connectivity index (χ2v) is 3.45. The highest BCUT2D eigenvalue weighted by atomic mass is 16.2. The fourth-order valence-corrected chi connectivity index (χ4v) is 1.64. The Morgan fingerprint density at radius 1 is 1.42 bits per heavy atom. The number of carbonyl (C=O) groups excluding carboxylic acids is 1.